The molecular weight excluding hydrogens is 312 g/mol. The normalized spacial score (nSPS) is 11.2. The molecule has 0 radical (unpaired) electrons. The molecule has 0 atom stereocenters. The second-order valence-electron chi connectivity index (χ2n) is 6.49. The van der Waals surface area contributed by atoms with Crippen molar-refractivity contribution in [3.63, 3.8) is 0 Å². The first-order chi connectivity index (χ1) is 12.1. The van der Waals surface area contributed by atoms with E-state index in [0.29, 0.717) is 19.6 Å². The minimum atomic E-state index is 0.0218. The van der Waals surface area contributed by atoms with Gasteiger partial charge in [-0.25, -0.2) is 0 Å². The molecule has 0 unspecified atom stereocenters. The molecule has 0 aliphatic heterocycles. The Hall–Kier alpha value is -2.59. The fourth-order valence-corrected chi connectivity index (χ4v) is 2.81. The third-order valence-corrected chi connectivity index (χ3v) is 4.09. The molecule has 0 saturated carbocycles. The first-order valence-corrected chi connectivity index (χ1v) is 8.63. The highest BCUT2D eigenvalue weighted by Gasteiger charge is 2.08. The molecule has 2 aromatic carbocycles. The number of aromatic amines is 1. The van der Waals surface area contributed by atoms with E-state index in [1.165, 1.54) is 0 Å². The van der Waals surface area contributed by atoms with Crippen LogP contribution in [0.4, 0.5) is 0 Å². The van der Waals surface area contributed by atoms with Gasteiger partial charge in [0.2, 0.25) is 5.91 Å². The molecule has 0 spiro atoms. The first-order valence-electron chi connectivity index (χ1n) is 8.63. The number of H-pyrrole nitrogens is 1. The summed E-state index contributed by atoms with van der Waals surface area (Å²) in [6, 6.07) is 16.2. The molecule has 0 saturated heterocycles. The van der Waals surface area contributed by atoms with Crippen LogP contribution in [0.1, 0.15) is 30.5 Å². The van der Waals surface area contributed by atoms with Crippen molar-refractivity contribution in [2.24, 2.45) is 0 Å². The minimum absolute atomic E-state index is 0.0218. The third-order valence-electron chi connectivity index (χ3n) is 4.09. The highest BCUT2D eigenvalue weighted by atomic mass is 16.5. The molecule has 4 nitrogen and oxygen atoms in total. The van der Waals surface area contributed by atoms with Crippen LogP contribution < -0.4 is 5.32 Å². The first kappa shape index (κ1) is 17.2. The number of hydrogen-bond donors (Lipinski definition) is 2. The van der Waals surface area contributed by atoms with Crippen LogP contribution in [0.5, 0.6) is 0 Å². The van der Waals surface area contributed by atoms with Crippen molar-refractivity contribution < 1.29 is 9.53 Å². The molecular formula is C21H24N2O2. The smallest absolute Gasteiger partial charge is 0.224 e. The number of hydrogen-bond acceptors (Lipinski definition) is 2. The third kappa shape index (κ3) is 4.70. The van der Waals surface area contributed by atoms with Crippen LogP contribution in [0.3, 0.4) is 0 Å². The zero-order chi connectivity index (χ0) is 17.6. The van der Waals surface area contributed by atoms with Crippen molar-refractivity contribution in [1.29, 1.82) is 0 Å². The molecule has 3 aromatic rings. The van der Waals surface area contributed by atoms with E-state index in [9.17, 15) is 4.79 Å². The lowest BCUT2D eigenvalue weighted by Gasteiger charge is -2.10. The van der Waals surface area contributed by atoms with Crippen LogP contribution in [0.2, 0.25) is 0 Å². The van der Waals surface area contributed by atoms with Crippen LogP contribution >= 0.6 is 0 Å². The minimum Gasteiger partial charge on any atom is -0.374 e. The lowest BCUT2D eigenvalue weighted by atomic mass is 10.1. The maximum Gasteiger partial charge on any atom is 0.224 e. The topological polar surface area (TPSA) is 54.1 Å². The van der Waals surface area contributed by atoms with Crippen LogP contribution in [-0.2, 0) is 29.1 Å². The molecule has 4 heteroatoms. The van der Waals surface area contributed by atoms with Crippen molar-refractivity contribution in [3.05, 3.63) is 71.4 Å². The SMILES string of the molecule is CC(C)OCc1cccc(CNC(=O)Cc2c[nH]c3ccccc23)c1. The molecule has 130 valence electrons. The van der Waals surface area contributed by atoms with Gasteiger partial charge in [-0.3, -0.25) is 4.79 Å². The van der Waals surface area contributed by atoms with Crippen molar-refractivity contribution in [3.8, 4) is 0 Å². The molecule has 3 rings (SSSR count). The van der Waals surface area contributed by atoms with Crippen LogP contribution in [0, 0.1) is 0 Å². The molecule has 2 N–H and O–H groups in total. The largest absolute Gasteiger partial charge is 0.374 e. The van der Waals surface area contributed by atoms with E-state index in [4.69, 9.17) is 4.74 Å². The Bertz CT molecular complexity index is 852. The maximum absolute atomic E-state index is 12.3. The Balaban J connectivity index is 1.56. The van der Waals surface area contributed by atoms with E-state index in [-0.39, 0.29) is 12.0 Å². The summed E-state index contributed by atoms with van der Waals surface area (Å²) in [6.45, 7) is 5.16. The van der Waals surface area contributed by atoms with Gasteiger partial charge in [0, 0.05) is 23.6 Å². The van der Waals surface area contributed by atoms with Crippen LogP contribution in [-0.4, -0.2) is 17.0 Å². The van der Waals surface area contributed by atoms with Crippen molar-refractivity contribution in [1.82, 2.24) is 10.3 Å². The van der Waals surface area contributed by atoms with Crippen molar-refractivity contribution in [2.45, 2.75) is 39.5 Å². The van der Waals surface area contributed by atoms with Gasteiger partial charge in [-0.15, -0.1) is 0 Å². The summed E-state index contributed by atoms with van der Waals surface area (Å²) < 4.78 is 5.63. The van der Waals surface area contributed by atoms with Crippen molar-refractivity contribution in [2.75, 3.05) is 0 Å². The predicted octanol–water partition coefficient (Wildman–Crippen LogP) is 3.95. The number of nitrogens with one attached hydrogen (secondary N) is 2. The maximum atomic E-state index is 12.3. The van der Waals surface area contributed by atoms with E-state index < -0.39 is 0 Å². The zero-order valence-electron chi connectivity index (χ0n) is 14.7. The zero-order valence-corrected chi connectivity index (χ0v) is 14.7. The van der Waals surface area contributed by atoms with Gasteiger partial charge in [0.05, 0.1) is 19.1 Å². The van der Waals surface area contributed by atoms with Gasteiger partial charge in [-0.1, -0.05) is 42.5 Å². The van der Waals surface area contributed by atoms with Crippen molar-refractivity contribution >= 4 is 16.8 Å². The Labute approximate surface area is 148 Å². The van der Waals surface area contributed by atoms with E-state index in [0.717, 1.165) is 27.6 Å². The monoisotopic (exact) mass is 336 g/mol. The van der Waals surface area contributed by atoms with Crippen LogP contribution in [0.25, 0.3) is 10.9 Å². The number of amides is 1. The van der Waals surface area contributed by atoms with Gasteiger partial charge in [-0.05, 0) is 36.6 Å². The number of fused-ring (bicyclic) bond motifs is 1. The summed E-state index contributed by atoms with van der Waals surface area (Å²) in [5, 5.41) is 4.10. The molecule has 0 aliphatic rings. The highest BCUT2D eigenvalue weighted by Crippen LogP contribution is 2.18. The summed E-state index contributed by atoms with van der Waals surface area (Å²) in [5.74, 6) is 0.0218. The van der Waals surface area contributed by atoms with Gasteiger partial charge in [-0.2, -0.15) is 0 Å². The fraction of sp³-hybridized carbons (Fsp3) is 0.286. The summed E-state index contributed by atoms with van der Waals surface area (Å²) in [5.41, 5.74) is 4.28. The summed E-state index contributed by atoms with van der Waals surface area (Å²) in [7, 11) is 0. The quantitative estimate of drug-likeness (QED) is 0.686. The number of carbonyl (C=O) groups is 1. The number of para-hydroxylation sites is 1. The molecule has 0 bridgehead atoms. The molecule has 1 amide bonds. The summed E-state index contributed by atoms with van der Waals surface area (Å²) >= 11 is 0. The van der Waals surface area contributed by atoms with E-state index in [1.54, 1.807) is 0 Å². The Morgan fingerprint density at radius 3 is 2.76 bits per heavy atom. The lowest BCUT2D eigenvalue weighted by Crippen LogP contribution is -2.24. The number of ether oxygens (including phenoxy) is 1. The van der Waals surface area contributed by atoms with Gasteiger partial charge in [0.25, 0.3) is 0 Å². The van der Waals surface area contributed by atoms with E-state index in [2.05, 4.69) is 16.4 Å². The summed E-state index contributed by atoms with van der Waals surface area (Å²) in [6.07, 6.45) is 2.49. The number of rotatable bonds is 7. The molecule has 1 aromatic heterocycles. The van der Waals surface area contributed by atoms with Gasteiger partial charge in [0.1, 0.15) is 0 Å². The van der Waals surface area contributed by atoms with E-state index in [1.807, 2.05) is 62.5 Å². The Kier molecular flexibility index (Phi) is 5.51. The molecule has 0 fully saturated rings. The number of aromatic nitrogens is 1. The fourth-order valence-electron chi connectivity index (χ4n) is 2.81. The molecule has 0 aliphatic carbocycles. The second kappa shape index (κ2) is 7.99. The van der Waals surface area contributed by atoms with Crippen LogP contribution in [0.15, 0.2) is 54.7 Å². The van der Waals surface area contributed by atoms with Gasteiger partial charge < -0.3 is 15.0 Å². The average Bonchev–Trinajstić information content (AvgIpc) is 3.02. The number of carbonyl (C=O) groups excluding carboxylic acids is 1. The Morgan fingerprint density at radius 2 is 1.92 bits per heavy atom. The van der Waals surface area contributed by atoms with Gasteiger partial charge >= 0.3 is 0 Å². The summed E-state index contributed by atoms with van der Waals surface area (Å²) in [4.78, 5) is 15.5. The molecule has 1 heterocycles. The predicted molar refractivity (Wildman–Crippen MR) is 100 cm³/mol. The standard InChI is InChI=1S/C21H24N2O2/c1-15(2)25-14-17-7-5-6-16(10-17)12-23-21(24)11-18-13-22-20-9-4-3-8-19(18)20/h3-10,13,15,22H,11-12,14H2,1-2H3,(H,23,24). The number of benzene rings is 2. The van der Waals surface area contributed by atoms with Gasteiger partial charge in [0.15, 0.2) is 0 Å². The molecule has 25 heavy (non-hydrogen) atoms. The van der Waals surface area contributed by atoms with E-state index >= 15 is 0 Å². The lowest BCUT2D eigenvalue weighted by molar-refractivity contribution is -0.120. The average molecular weight is 336 g/mol. The Morgan fingerprint density at radius 1 is 1.12 bits per heavy atom. The second-order valence-corrected chi connectivity index (χ2v) is 6.49. The highest BCUT2D eigenvalue weighted by molar-refractivity contribution is 5.88.